The zero-order valence-corrected chi connectivity index (χ0v) is 12.1. The number of anilines is 1. The van der Waals surface area contributed by atoms with Crippen LogP contribution in [0.3, 0.4) is 0 Å². The molecule has 94 valence electrons. The van der Waals surface area contributed by atoms with Gasteiger partial charge in [-0.2, -0.15) is 0 Å². The summed E-state index contributed by atoms with van der Waals surface area (Å²) in [6, 6.07) is 0. The Hall–Kier alpha value is -0.640. The fourth-order valence-electron chi connectivity index (χ4n) is 2.13. The van der Waals surface area contributed by atoms with E-state index in [1.54, 1.807) is 0 Å². The van der Waals surface area contributed by atoms with E-state index in [1.165, 1.54) is 19.3 Å². The molecule has 0 unspecified atom stereocenters. The first-order chi connectivity index (χ1) is 8.06. The van der Waals surface area contributed by atoms with Gasteiger partial charge in [0.05, 0.1) is 10.2 Å². The van der Waals surface area contributed by atoms with Gasteiger partial charge in [-0.05, 0) is 34.2 Å². The topological polar surface area (TPSA) is 51.8 Å². The molecule has 0 bridgehead atoms. The van der Waals surface area contributed by atoms with Gasteiger partial charge in [-0.3, -0.25) is 0 Å². The molecule has 0 amide bonds. The molecule has 1 aliphatic rings. The summed E-state index contributed by atoms with van der Waals surface area (Å²) in [6.45, 7) is 4.38. The average molecular weight is 298 g/mol. The van der Waals surface area contributed by atoms with E-state index in [9.17, 15) is 0 Å². The van der Waals surface area contributed by atoms with Crippen LogP contribution in [-0.4, -0.2) is 9.97 Å². The van der Waals surface area contributed by atoms with E-state index in [4.69, 9.17) is 5.73 Å². The molecular formula is C13H20BrN3. The van der Waals surface area contributed by atoms with Crippen molar-refractivity contribution in [2.24, 2.45) is 11.8 Å². The smallest absolute Gasteiger partial charge is 0.141 e. The van der Waals surface area contributed by atoms with E-state index < -0.39 is 0 Å². The summed E-state index contributed by atoms with van der Waals surface area (Å²) in [6.07, 6.45) is 5.93. The van der Waals surface area contributed by atoms with Crippen LogP contribution in [0.5, 0.6) is 0 Å². The molecule has 0 aromatic carbocycles. The van der Waals surface area contributed by atoms with Crippen molar-refractivity contribution in [3.05, 3.63) is 16.0 Å². The Morgan fingerprint density at radius 1 is 1.35 bits per heavy atom. The van der Waals surface area contributed by atoms with Gasteiger partial charge in [0.1, 0.15) is 11.6 Å². The first-order valence-electron chi connectivity index (χ1n) is 6.37. The molecule has 1 heterocycles. The predicted molar refractivity (Wildman–Crippen MR) is 73.7 cm³/mol. The number of nitrogens with two attached hydrogens (primary N) is 1. The zero-order chi connectivity index (χ0) is 12.4. The molecule has 0 aliphatic heterocycles. The van der Waals surface area contributed by atoms with Gasteiger partial charge in [0, 0.05) is 6.42 Å². The third kappa shape index (κ3) is 3.18. The van der Waals surface area contributed by atoms with Crippen LogP contribution < -0.4 is 5.73 Å². The van der Waals surface area contributed by atoms with Gasteiger partial charge in [0.2, 0.25) is 0 Å². The van der Waals surface area contributed by atoms with E-state index in [0.717, 1.165) is 34.8 Å². The minimum atomic E-state index is 0.581. The lowest BCUT2D eigenvalue weighted by Gasteiger charge is -2.24. The Morgan fingerprint density at radius 2 is 2.06 bits per heavy atom. The second-order valence-electron chi connectivity index (χ2n) is 5.38. The highest BCUT2D eigenvalue weighted by Gasteiger charge is 2.20. The Bertz CT molecular complexity index is 400. The van der Waals surface area contributed by atoms with Crippen molar-refractivity contribution >= 4 is 21.7 Å². The first kappa shape index (κ1) is 12.8. The van der Waals surface area contributed by atoms with E-state index in [0.29, 0.717) is 11.7 Å². The Labute approximate surface area is 111 Å². The molecule has 1 aromatic heterocycles. The molecule has 3 nitrogen and oxygen atoms in total. The summed E-state index contributed by atoms with van der Waals surface area (Å²) in [5, 5.41) is 0. The monoisotopic (exact) mass is 297 g/mol. The summed E-state index contributed by atoms with van der Waals surface area (Å²) >= 11 is 3.49. The van der Waals surface area contributed by atoms with Crippen LogP contribution >= 0.6 is 15.9 Å². The van der Waals surface area contributed by atoms with E-state index in [1.807, 2.05) is 0 Å². The SMILES string of the molecule is CC(C)Cc1nc(CC2CCC2)nc(N)c1Br. The third-order valence-electron chi connectivity index (χ3n) is 3.29. The van der Waals surface area contributed by atoms with Crippen molar-refractivity contribution in [1.29, 1.82) is 0 Å². The van der Waals surface area contributed by atoms with Crippen molar-refractivity contribution in [2.75, 3.05) is 5.73 Å². The predicted octanol–water partition coefficient (Wildman–Crippen LogP) is 3.36. The van der Waals surface area contributed by atoms with Crippen LogP contribution in [0.15, 0.2) is 4.47 Å². The zero-order valence-electron chi connectivity index (χ0n) is 10.5. The van der Waals surface area contributed by atoms with Crippen molar-refractivity contribution < 1.29 is 0 Å². The normalized spacial score (nSPS) is 16.2. The number of nitrogens with zero attached hydrogens (tertiary/aromatic N) is 2. The summed E-state index contributed by atoms with van der Waals surface area (Å²) in [5.41, 5.74) is 6.99. The lowest BCUT2D eigenvalue weighted by Crippen LogP contribution is -2.17. The Morgan fingerprint density at radius 3 is 2.59 bits per heavy atom. The molecule has 0 spiro atoms. The standard InChI is InChI=1S/C13H20BrN3/c1-8(2)6-10-12(14)13(15)17-11(16-10)7-9-4-3-5-9/h8-9H,3-7H2,1-2H3,(H2,15,16,17). The largest absolute Gasteiger partial charge is 0.383 e. The molecule has 1 fully saturated rings. The van der Waals surface area contributed by atoms with Gasteiger partial charge in [0.15, 0.2) is 0 Å². The highest BCUT2D eigenvalue weighted by Crippen LogP contribution is 2.30. The van der Waals surface area contributed by atoms with Gasteiger partial charge in [-0.1, -0.05) is 33.1 Å². The van der Waals surface area contributed by atoms with E-state index in [2.05, 4.69) is 39.7 Å². The van der Waals surface area contributed by atoms with Gasteiger partial charge in [-0.25, -0.2) is 9.97 Å². The highest BCUT2D eigenvalue weighted by atomic mass is 79.9. The quantitative estimate of drug-likeness (QED) is 0.927. The Balaban J connectivity index is 2.18. The van der Waals surface area contributed by atoms with Gasteiger partial charge in [0.25, 0.3) is 0 Å². The lowest BCUT2D eigenvalue weighted by atomic mass is 9.83. The maximum Gasteiger partial charge on any atom is 0.141 e. The van der Waals surface area contributed by atoms with Crippen LogP contribution in [0, 0.1) is 11.8 Å². The number of nitrogen functional groups attached to an aromatic ring is 1. The third-order valence-corrected chi connectivity index (χ3v) is 4.15. The van der Waals surface area contributed by atoms with Crippen LogP contribution in [0.1, 0.15) is 44.6 Å². The molecule has 1 aromatic rings. The van der Waals surface area contributed by atoms with Gasteiger partial charge in [-0.15, -0.1) is 0 Å². The van der Waals surface area contributed by atoms with Crippen molar-refractivity contribution in [3.63, 3.8) is 0 Å². The number of hydrogen-bond acceptors (Lipinski definition) is 3. The van der Waals surface area contributed by atoms with Crippen LogP contribution in [0.2, 0.25) is 0 Å². The van der Waals surface area contributed by atoms with Crippen LogP contribution in [0.25, 0.3) is 0 Å². The number of rotatable bonds is 4. The average Bonchev–Trinajstić information content (AvgIpc) is 2.18. The van der Waals surface area contributed by atoms with E-state index >= 15 is 0 Å². The molecule has 4 heteroatoms. The summed E-state index contributed by atoms with van der Waals surface area (Å²) in [4.78, 5) is 9.04. The maximum atomic E-state index is 5.93. The fourth-order valence-corrected chi connectivity index (χ4v) is 2.47. The molecule has 1 aliphatic carbocycles. The lowest BCUT2D eigenvalue weighted by molar-refractivity contribution is 0.309. The molecule has 0 saturated heterocycles. The molecule has 2 rings (SSSR count). The van der Waals surface area contributed by atoms with E-state index in [-0.39, 0.29) is 0 Å². The second kappa shape index (κ2) is 5.34. The van der Waals surface area contributed by atoms with Crippen LogP contribution in [-0.2, 0) is 12.8 Å². The van der Waals surface area contributed by atoms with Gasteiger partial charge >= 0.3 is 0 Å². The highest BCUT2D eigenvalue weighted by molar-refractivity contribution is 9.10. The molecule has 0 radical (unpaired) electrons. The first-order valence-corrected chi connectivity index (χ1v) is 7.16. The second-order valence-corrected chi connectivity index (χ2v) is 6.18. The number of aromatic nitrogens is 2. The number of hydrogen-bond donors (Lipinski definition) is 1. The van der Waals surface area contributed by atoms with Crippen molar-refractivity contribution in [2.45, 2.75) is 46.0 Å². The summed E-state index contributed by atoms with van der Waals surface area (Å²) < 4.78 is 0.878. The summed E-state index contributed by atoms with van der Waals surface area (Å²) in [5.74, 6) is 2.87. The molecule has 2 N–H and O–H groups in total. The minimum Gasteiger partial charge on any atom is -0.383 e. The van der Waals surface area contributed by atoms with Crippen LogP contribution in [0.4, 0.5) is 5.82 Å². The van der Waals surface area contributed by atoms with Crippen molar-refractivity contribution in [3.8, 4) is 0 Å². The fraction of sp³-hybridized carbons (Fsp3) is 0.692. The minimum absolute atomic E-state index is 0.581. The number of halogens is 1. The molecular weight excluding hydrogens is 278 g/mol. The Kier molecular flexibility index (Phi) is 4.02. The van der Waals surface area contributed by atoms with Crippen molar-refractivity contribution in [1.82, 2.24) is 9.97 Å². The molecule has 0 atom stereocenters. The molecule has 17 heavy (non-hydrogen) atoms. The molecule has 1 saturated carbocycles. The summed E-state index contributed by atoms with van der Waals surface area (Å²) in [7, 11) is 0. The maximum absolute atomic E-state index is 5.93. The van der Waals surface area contributed by atoms with Gasteiger partial charge < -0.3 is 5.73 Å².